The van der Waals surface area contributed by atoms with Crippen molar-refractivity contribution in [3.05, 3.63) is 0 Å². The van der Waals surface area contributed by atoms with E-state index in [0.29, 0.717) is 12.6 Å². The molecule has 1 saturated heterocycles. The number of unbranched alkanes of at least 4 members (excludes halogenated alkanes) is 1. The Morgan fingerprint density at radius 3 is 2.69 bits per heavy atom. The van der Waals surface area contributed by atoms with Crippen molar-refractivity contribution in [2.45, 2.75) is 45.7 Å². The van der Waals surface area contributed by atoms with Crippen LogP contribution in [0.3, 0.4) is 0 Å². The summed E-state index contributed by atoms with van der Waals surface area (Å²) in [6, 6.07) is 0.442. The van der Waals surface area contributed by atoms with Gasteiger partial charge in [0.1, 0.15) is 6.04 Å². The fourth-order valence-electron chi connectivity index (χ4n) is 1.65. The lowest BCUT2D eigenvalue weighted by Crippen LogP contribution is -2.16. The van der Waals surface area contributed by atoms with E-state index in [1.54, 1.807) is 0 Å². The molecule has 3 heteroatoms. The Labute approximate surface area is 80.1 Å². The third-order valence-corrected chi connectivity index (χ3v) is 2.55. The van der Waals surface area contributed by atoms with E-state index >= 15 is 0 Å². The minimum atomic E-state index is -0.0499. The van der Waals surface area contributed by atoms with Crippen LogP contribution < -0.4 is 0 Å². The van der Waals surface area contributed by atoms with E-state index in [1.807, 2.05) is 6.92 Å². The molecule has 76 valence electrons. The van der Waals surface area contributed by atoms with Gasteiger partial charge in [-0.05, 0) is 26.8 Å². The first-order valence-corrected chi connectivity index (χ1v) is 5.14. The highest BCUT2D eigenvalue weighted by Gasteiger charge is 2.49. The molecular formula is C10H19NO2. The van der Waals surface area contributed by atoms with Gasteiger partial charge in [0.2, 0.25) is 0 Å². The number of hydrogen-bond donors (Lipinski definition) is 0. The molecule has 1 fully saturated rings. The minimum Gasteiger partial charge on any atom is -0.465 e. The standard InChI is InChI=1S/C10H19NO2/c1-4-6-7-11-8(3)9(11)10(12)13-5-2/h8-9H,4-7H2,1-3H3. The molecule has 0 aromatic heterocycles. The highest BCUT2D eigenvalue weighted by molar-refractivity contribution is 5.80. The summed E-state index contributed by atoms with van der Waals surface area (Å²) in [6.07, 6.45) is 2.35. The van der Waals surface area contributed by atoms with Gasteiger partial charge in [0.15, 0.2) is 0 Å². The number of hydrogen-bond acceptors (Lipinski definition) is 3. The SMILES string of the molecule is CCCCN1C(C)C1C(=O)OCC. The second kappa shape index (κ2) is 4.61. The Bertz CT molecular complexity index is 182. The molecule has 3 nitrogen and oxygen atoms in total. The summed E-state index contributed by atoms with van der Waals surface area (Å²) in [5.41, 5.74) is 0. The molecule has 0 bridgehead atoms. The van der Waals surface area contributed by atoms with Gasteiger partial charge in [0.05, 0.1) is 6.61 Å². The van der Waals surface area contributed by atoms with Crippen LogP contribution in [0.2, 0.25) is 0 Å². The molecule has 1 rings (SSSR count). The van der Waals surface area contributed by atoms with E-state index < -0.39 is 0 Å². The van der Waals surface area contributed by atoms with E-state index in [-0.39, 0.29) is 12.0 Å². The molecule has 1 aliphatic rings. The summed E-state index contributed by atoms with van der Waals surface area (Å²) in [7, 11) is 0. The number of carbonyl (C=O) groups excluding carboxylic acids is 1. The van der Waals surface area contributed by atoms with Crippen LogP contribution >= 0.6 is 0 Å². The van der Waals surface area contributed by atoms with Gasteiger partial charge < -0.3 is 4.74 Å². The zero-order chi connectivity index (χ0) is 9.84. The number of rotatable bonds is 5. The molecule has 0 saturated carbocycles. The molecule has 13 heavy (non-hydrogen) atoms. The van der Waals surface area contributed by atoms with Crippen molar-refractivity contribution >= 4 is 5.97 Å². The molecule has 1 aliphatic heterocycles. The fraction of sp³-hybridized carbons (Fsp3) is 0.900. The normalized spacial score (nSPS) is 31.5. The zero-order valence-electron chi connectivity index (χ0n) is 8.75. The molecule has 0 aromatic carbocycles. The molecule has 0 N–H and O–H groups in total. The predicted molar refractivity (Wildman–Crippen MR) is 51.5 cm³/mol. The average Bonchev–Trinajstić information content (AvgIpc) is 2.73. The van der Waals surface area contributed by atoms with Gasteiger partial charge in [0, 0.05) is 6.04 Å². The zero-order valence-corrected chi connectivity index (χ0v) is 8.75. The number of nitrogens with zero attached hydrogens (tertiary/aromatic N) is 1. The largest absolute Gasteiger partial charge is 0.465 e. The van der Waals surface area contributed by atoms with Crippen LogP contribution in [-0.4, -0.2) is 36.1 Å². The topological polar surface area (TPSA) is 29.3 Å². The van der Waals surface area contributed by atoms with Gasteiger partial charge in [-0.1, -0.05) is 13.3 Å². The van der Waals surface area contributed by atoms with Crippen molar-refractivity contribution < 1.29 is 9.53 Å². The Kier molecular flexibility index (Phi) is 3.72. The molecule has 0 radical (unpaired) electrons. The monoisotopic (exact) mass is 185 g/mol. The van der Waals surface area contributed by atoms with Crippen LogP contribution in [0, 0.1) is 0 Å². The summed E-state index contributed by atoms with van der Waals surface area (Å²) >= 11 is 0. The first kappa shape index (κ1) is 10.5. The molecule has 1 heterocycles. The van der Waals surface area contributed by atoms with Gasteiger partial charge in [-0.25, -0.2) is 0 Å². The summed E-state index contributed by atoms with van der Waals surface area (Å²) in [5, 5.41) is 0. The second-order valence-corrected chi connectivity index (χ2v) is 3.53. The predicted octanol–water partition coefficient (Wildman–Crippen LogP) is 1.42. The molecule has 3 atom stereocenters. The Hall–Kier alpha value is -0.570. The maximum Gasteiger partial charge on any atom is 0.324 e. The average molecular weight is 185 g/mol. The summed E-state index contributed by atoms with van der Waals surface area (Å²) in [4.78, 5) is 13.5. The lowest BCUT2D eigenvalue weighted by Gasteiger charge is -2.01. The first-order valence-electron chi connectivity index (χ1n) is 5.14. The molecule has 0 aliphatic carbocycles. The van der Waals surface area contributed by atoms with Gasteiger partial charge in [-0.2, -0.15) is 0 Å². The lowest BCUT2D eigenvalue weighted by atomic mass is 10.3. The van der Waals surface area contributed by atoms with Gasteiger partial charge >= 0.3 is 5.97 Å². The van der Waals surface area contributed by atoms with Crippen molar-refractivity contribution in [3.8, 4) is 0 Å². The van der Waals surface area contributed by atoms with Gasteiger partial charge in [0.25, 0.3) is 0 Å². The van der Waals surface area contributed by atoms with Crippen molar-refractivity contribution in [2.24, 2.45) is 0 Å². The van der Waals surface area contributed by atoms with Crippen LogP contribution in [0.15, 0.2) is 0 Å². The summed E-state index contributed by atoms with van der Waals surface area (Å²) in [6.45, 7) is 7.61. The van der Waals surface area contributed by atoms with Crippen LogP contribution in [0.25, 0.3) is 0 Å². The van der Waals surface area contributed by atoms with Crippen molar-refractivity contribution in [3.63, 3.8) is 0 Å². The fourth-order valence-corrected chi connectivity index (χ4v) is 1.65. The maximum atomic E-state index is 11.3. The smallest absolute Gasteiger partial charge is 0.324 e. The number of ether oxygens (including phenoxy) is 1. The van der Waals surface area contributed by atoms with Crippen LogP contribution in [0.5, 0.6) is 0 Å². The van der Waals surface area contributed by atoms with Crippen molar-refractivity contribution in [2.75, 3.05) is 13.2 Å². The van der Waals surface area contributed by atoms with Gasteiger partial charge in [-0.3, -0.25) is 9.69 Å². The Balaban J connectivity index is 2.26. The van der Waals surface area contributed by atoms with E-state index in [1.165, 1.54) is 12.8 Å². The number of carbonyl (C=O) groups is 1. The maximum absolute atomic E-state index is 11.3. The molecule has 0 spiro atoms. The first-order chi connectivity index (χ1) is 6.22. The minimum absolute atomic E-state index is 0.0477. The molecular weight excluding hydrogens is 166 g/mol. The summed E-state index contributed by atoms with van der Waals surface area (Å²) in [5.74, 6) is -0.0499. The van der Waals surface area contributed by atoms with Crippen LogP contribution in [-0.2, 0) is 9.53 Å². The number of esters is 1. The molecule has 0 aromatic rings. The second-order valence-electron chi connectivity index (χ2n) is 3.53. The highest BCUT2D eigenvalue weighted by atomic mass is 16.5. The van der Waals surface area contributed by atoms with Crippen molar-refractivity contribution in [1.82, 2.24) is 4.90 Å². The third kappa shape index (κ3) is 2.44. The Morgan fingerprint density at radius 2 is 2.15 bits per heavy atom. The third-order valence-electron chi connectivity index (χ3n) is 2.55. The summed E-state index contributed by atoms with van der Waals surface area (Å²) < 4.78 is 4.97. The van der Waals surface area contributed by atoms with Crippen LogP contribution in [0.4, 0.5) is 0 Å². The van der Waals surface area contributed by atoms with E-state index in [4.69, 9.17) is 4.74 Å². The van der Waals surface area contributed by atoms with E-state index in [9.17, 15) is 4.79 Å². The Morgan fingerprint density at radius 1 is 1.46 bits per heavy atom. The molecule has 0 amide bonds. The van der Waals surface area contributed by atoms with Crippen molar-refractivity contribution in [1.29, 1.82) is 0 Å². The van der Waals surface area contributed by atoms with E-state index in [2.05, 4.69) is 18.7 Å². The molecule has 3 unspecified atom stereocenters. The highest BCUT2D eigenvalue weighted by Crippen LogP contribution is 2.28. The van der Waals surface area contributed by atoms with Gasteiger partial charge in [-0.15, -0.1) is 0 Å². The van der Waals surface area contributed by atoms with Crippen LogP contribution in [0.1, 0.15) is 33.6 Å². The quantitative estimate of drug-likeness (QED) is 0.479. The lowest BCUT2D eigenvalue weighted by molar-refractivity contribution is -0.143. The van der Waals surface area contributed by atoms with E-state index in [0.717, 1.165) is 6.54 Å².